The summed E-state index contributed by atoms with van der Waals surface area (Å²) in [5.41, 5.74) is 1.94. The van der Waals surface area contributed by atoms with Crippen molar-refractivity contribution in [3.63, 3.8) is 0 Å². The Morgan fingerprint density at radius 3 is 2.87 bits per heavy atom. The number of carbonyl (C=O) groups excluding carboxylic acids is 1. The lowest BCUT2D eigenvalue weighted by atomic mass is 9.96. The molecule has 2 aromatic heterocycles. The highest BCUT2D eigenvalue weighted by atomic mass is 16.5. The smallest absolute Gasteiger partial charge is 0.252 e. The molecule has 2 aliphatic rings. The lowest BCUT2D eigenvalue weighted by molar-refractivity contribution is -0.121. The SMILES string of the molecule is CCOc1ccc2c(c1)CC(C(=O)Nc1cc(C3CC3)nn1-c1ncccn1)CO2. The first kappa shape index (κ1) is 18.6. The zero-order valence-electron chi connectivity index (χ0n) is 16.7. The van der Waals surface area contributed by atoms with Gasteiger partial charge in [0.05, 0.1) is 18.2 Å². The summed E-state index contributed by atoms with van der Waals surface area (Å²) in [6.45, 7) is 2.87. The van der Waals surface area contributed by atoms with Gasteiger partial charge in [-0.1, -0.05) is 0 Å². The number of anilines is 1. The Labute approximate surface area is 174 Å². The van der Waals surface area contributed by atoms with Gasteiger partial charge in [0.2, 0.25) is 5.91 Å². The molecule has 1 N–H and O–H groups in total. The van der Waals surface area contributed by atoms with Gasteiger partial charge < -0.3 is 14.8 Å². The first-order valence-corrected chi connectivity index (χ1v) is 10.3. The van der Waals surface area contributed by atoms with E-state index in [-0.39, 0.29) is 11.8 Å². The highest BCUT2D eigenvalue weighted by molar-refractivity contribution is 5.92. The van der Waals surface area contributed by atoms with Crippen LogP contribution < -0.4 is 14.8 Å². The molecule has 154 valence electrons. The summed E-state index contributed by atoms with van der Waals surface area (Å²) in [6, 6.07) is 9.42. The normalized spacial score (nSPS) is 17.7. The molecule has 1 amide bonds. The Kier molecular flexibility index (Phi) is 4.82. The summed E-state index contributed by atoms with van der Waals surface area (Å²) >= 11 is 0. The van der Waals surface area contributed by atoms with Crippen molar-refractivity contribution in [3.8, 4) is 17.4 Å². The number of hydrogen-bond acceptors (Lipinski definition) is 6. The summed E-state index contributed by atoms with van der Waals surface area (Å²) < 4.78 is 13.0. The lowest BCUT2D eigenvalue weighted by Gasteiger charge is -2.25. The monoisotopic (exact) mass is 405 g/mol. The average Bonchev–Trinajstić information content (AvgIpc) is 3.54. The van der Waals surface area contributed by atoms with Crippen molar-refractivity contribution in [1.82, 2.24) is 19.7 Å². The third-order valence-corrected chi connectivity index (χ3v) is 5.34. The highest BCUT2D eigenvalue weighted by Gasteiger charge is 2.30. The number of nitrogens with one attached hydrogen (secondary N) is 1. The Morgan fingerprint density at radius 2 is 2.10 bits per heavy atom. The van der Waals surface area contributed by atoms with Crippen LogP contribution in [0.5, 0.6) is 11.5 Å². The molecule has 8 heteroatoms. The van der Waals surface area contributed by atoms with Gasteiger partial charge in [-0.15, -0.1) is 0 Å². The van der Waals surface area contributed by atoms with Gasteiger partial charge in [-0.05, 0) is 56.0 Å². The molecule has 1 unspecified atom stereocenters. The second-order valence-corrected chi connectivity index (χ2v) is 7.59. The van der Waals surface area contributed by atoms with Crippen LogP contribution in [0.2, 0.25) is 0 Å². The number of aromatic nitrogens is 4. The van der Waals surface area contributed by atoms with Crippen LogP contribution in [0.1, 0.15) is 36.9 Å². The molecule has 1 fully saturated rings. The van der Waals surface area contributed by atoms with E-state index in [1.165, 1.54) is 0 Å². The minimum atomic E-state index is -0.307. The molecular formula is C22H23N5O3. The fourth-order valence-corrected chi connectivity index (χ4v) is 3.64. The van der Waals surface area contributed by atoms with E-state index in [0.717, 1.165) is 35.6 Å². The molecular weight excluding hydrogens is 382 g/mol. The Balaban J connectivity index is 1.36. The fourth-order valence-electron chi connectivity index (χ4n) is 3.64. The third kappa shape index (κ3) is 3.72. The summed E-state index contributed by atoms with van der Waals surface area (Å²) in [5.74, 6) is 2.65. The first-order chi connectivity index (χ1) is 14.7. The molecule has 0 saturated heterocycles. The minimum absolute atomic E-state index is 0.109. The first-order valence-electron chi connectivity index (χ1n) is 10.3. The van der Waals surface area contributed by atoms with E-state index in [0.29, 0.717) is 37.3 Å². The molecule has 1 aromatic carbocycles. The van der Waals surface area contributed by atoms with E-state index < -0.39 is 0 Å². The topological polar surface area (TPSA) is 91.2 Å². The van der Waals surface area contributed by atoms with Gasteiger partial charge in [-0.3, -0.25) is 4.79 Å². The van der Waals surface area contributed by atoms with Crippen LogP contribution in [0.15, 0.2) is 42.7 Å². The number of benzene rings is 1. The summed E-state index contributed by atoms with van der Waals surface area (Å²) in [6.07, 6.45) is 6.15. The summed E-state index contributed by atoms with van der Waals surface area (Å²) in [7, 11) is 0. The van der Waals surface area contributed by atoms with Crippen LogP contribution in [0, 0.1) is 5.92 Å². The van der Waals surface area contributed by atoms with E-state index in [1.54, 1.807) is 23.1 Å². The molecule has 3 heterocycles. The van der Waals surface area contributed by atoms with Gasteiger partial charge in [0.15, 0.2) is 0 Å². The van der Waals surface area contributed by atoms with Crippen LogP contribution in [0.25, 0.3) is 5.95 Å². The molecule has 1 aliphatic carbocycles. The van der Waals surface area contributed by atoms with Crippen LogP contribution in [0.3, 0.4) is 0 Å². The maximum atomic E-state index is 13.1. The highest BCUT2D eigenvalue weighted by Crippen LogP contribution is 2.40. The van der Waals surface area contributed by atoms with Crippen LogP contribution in [-0.4, -0.2) is 38.9 Å². The predicted octanol–water partition coefficient (Wildman–Crippen LogP) is 3.13. The Bertz CT molecular complexity index is 1060. The second-order valence-electron chi connectivity index (χ2n) is 7.59. The molecule has 0 spiro atoms. The van der Waals surface area contributed by atoms with Gasteiger partial charge in [-0.25, -0.2) is 9.97 Å². The molecule has 5 rings (SSSR count). The van der Waals surface area contributed by atoms with Gasteiger partial charge >= 0.3 is 0 Å². The molecule has 0 bridgehead atoms. The Morgan fingerprint density at radius 1 is 1.27 bits per heavy atom. The number of amides is 1. The van der Waals surface area contributed by atoms with Crippen molar-refractivity contribution in [3.05, 3.63) is 54.0 Å². The quantitative estimate of drug-likeness (QED) is 0.678. The van der Waals surface area contributed by atoms with E-state index in [1.807, 2.05) is 31.2 Å². The molecule has 1 aliphatic heterocycles. The largest absolute Gasteiger partial charge is 0.494 e. The minimum Gasteiger partial charge on any atom is -0.494 e. The van der Waals surface area contributed by atoms with Gasteiger partial charge in [0.1, 0.15) is 23.9 Å². The number of hydrogen-bond donors (Lipinski definition) is 1. The molecule has 8 nitrogen and oxygen atoms in total. The van der Waals surface area contributed by atoms with Crippen molar-refractivity contribution in [2.24, 2.45) is 5.92 Å². The van der Waals surface area contributed by atoms with Crippen LogP contribution >= 0.6 is 0 Å². The molecule has 1 atom stereocenters. The maximum absolute atomic E-state index is 13.1. The van der Waals surface area contributed by atoms with Crippen molar-refractivity contribution >= 4 is 11.7 Å². The van der Waals surface area contributed by atoms with Crippen molar-refractivity contribution in [2.75, 3.05) is 18.5 Å². The molecule has 1 saturated carbocycles. The molecule has 30 heavy (non-hydrogen) atoms. The van der Waals surface area contributed by atoms with Gasteiger partial charge in [-0.2, -0.15) is 9.78 Å². The fraction of sp³-hybridized carbons (Fsp3) is 0.364. The third-order valence-electron chi connectivity index (χ3n) is 5.34. The number of carbonyl (C=O) groups is 1. The zero-order chi connectivity index (χ0) is 20.5. The number of fused-ring (bicyclic) bond motifs is 1. The Hall–Kier alpha value is -3.42. The maximum Gasteiger partial charge on any atom is 0.252 e. The van der Waals surface area contributed by atoms with Crippen molar-refractivity contribution in [1.29, 1.82) is 0 Å². The van der Waals surface area contributed by atoms with Crippen LogP contribution in [-0.2, 0) is 11.2 Å². The van der Waals surface area contributed by atoms with E-state index in [4.69, 9.17) is 9.47 Å². The van der Waals surface area contributed by atoms with Gasteiger partial charge in [0.25, 0.3) is 5.95 Å². The summed E-state index contributed by atoms with van der Waals surface area (Å²) in [5, 5.41) is 7.66. The second kappa shape index (κ2) is 7.78. The number of nitrogens with zero attached hydrogens (tertiary/aromatic N) is 4. The van der Waals surface area contributed by atoms with Crippen molar-refractivity contribution < 1.29 is 14.3 Å². The predicted molar refractivity (Wildman–Crippen MR) is 110 cm³/mol. The number of rotatable bonds is 6. The molecule has 3 aromatic rings. The summed E-state index contributed by atoms with van der Waals surface area (Å²) in [4.78, 5) is 21.6. The van der Waals surface area contributed by atoms with Crippen molar-refractivity contribution in [2.45, 2.75) is 32.1 Å². The number of ether oxygens (including phenoxy) is 2. The standard InChI is InChI=1S/C22H23N5O3/c1-2-29-17-6-7-19-15(11-17)10-16(13-30-19)21(28)25-20-12-18(14-4-5-14)26-27(20)22-23-8-3-9-24-22/h3,6-9,11-12,14,16H,2,4-5,10,13H2,1H3,(H,25,28). The van der Waals surface area contributed by atoms with E-state index in [2.05, 4.69) is 20.4 Å². The zero-order valence-corrected chi connectivity index (χ0v) is 16.7. The van der Waals surface area contributed by atoms with E-state index in [9.17, 15) is 4.79 Å². The average molecular weight is 405 g/mol. The van der Waals surface area contributed by atoms with Crippen LogP contribution in [0.4, 0.5) is 5.82 Å². The van der Waals surface area contributed by atoms with Gasteiger partial charge in [0, 0.05) is 24.4 Å². The van der Waals surface area contributed by atoms with E-state index >= 15 is 0 Å². The molecule has 0 radical (unpaired) electrons. The lowest BCUT2D eigenvalue weighted by Crippen LogP contribution is -2.33.